The van der Waals surface area contributed by atoms with Gasteiger partial charge in [0.25, 0.3) is 5.91 Å². The van der Waals surface area contributed by atoms with Crippen molar-refractivity contribution >= 4 is 23.4 Å². The largest absolute Gasteiger partial charge is 0.353 e. The Morgan fingerprint density at radius 3 is 2.72 bits per heavy atom. The number of rotatable bonds is 6. The van der Waals surface area contributed by atoms with Crippen molar-refractivity contribution < 1.29 is 9.59 Å². The topological polar surface area (TPSA) is 86.9 Å². The van der Waals surface area contributed by atoms with E-state index in [4.69, 9.17) is 11.6 Å². The summed E-state index contributed by atoms with van der Waals surface area (Å²) >= 11 is 6.06. The summed E-state index contributed by atoms with van der Waals surface area (Å²) in [5, 5.41) is 13.3. The molecule has 1 aromatic heterocycles. The molecule has 2 aromatic rings. The number of aromatic nitrogens is 2. The molecule has 1 fully saturated rings. The van der Waals surface area contributed by atoms with Gasteiger partial charge in [0.2, 0.25) is 5.91 Å². The van der Waals surface area contributed by atoms with Crippen molar-refractivity contribution in [3.8, 4) is 0 Å². The van der Waals surface area contributed by atoms with Gasteiger partial charge in [-0.25, -0.2) is 0 Å². The Morgan fingerprint density at radius 1 is 1.24 bits per heavy atom. The van der Waals surface area contributed by atoms with Crippen molar-refractivity contribution in [1.82, 2.24) is 20.8 Å². The summed E-state index contributed by atoms with van der Waals surface area (Å²) in [7, 11) is 0. The van der Waals surface area contributed by atoms with Crippen molar-refractivity contribution in [1.29, 1.82) is 0 Å². The highest BCUT2D eigenvalue weighted by atomic mass is 35.5. The SMILES string of the molecule is Cc1c(Cl)cccc1C(=O)NC1CC(NC(=O)CCc2ccn[nH]2)C1. The van der Waals surface area contributed by atoms with Gasteiger partial charge in [0.15, 0.2) is 0 Å². The third kappa shape index (κ3) is 4.39. The quantitative estimate of drug-likeness (QED) is 0.739. The molecule has 0 radical (unpaired) electrons. The van der Waals surface area contributed by atoms with E-state index in [9.17, 15) is 9.59 Å². The zero-order chi connectivity index (χ0) is 17.8. The van der Waals surface area contributed by atoms with Gasteiger partial charge in [0, 0.05) is 41.0 Å². The second kappa shape index (κ2) is 7.70. The molecule has 0 spiro atoms. The highest BCUT2D eigenvalue weighted by molar-refractivity contribution is 6.31. The molecular weight excluding hydrogens is 340 g/mol. The molecule has 1 aliphatic carbocycles. The van der Waals surface area contributed by atoms with E-state index in [1.807, 2.05) is 13.0 Å². The van der Waals surface area contributed by atoms with Crippen LogP contribution < -0.4 is 10.6 Å². The van der Waals surface area contributed by atoms with E-state index in [1.54, 1.807) is 24.4 Å². The highest BCUT2D eigenvalue weighted by Gasteiger charge is 2.31. The minimum Gasteiger partial charge on any atom is -0.353 e. The van der Waals surface area contributed by atoms with Gasteiger partial charge < -0.3 is 10.6 Å². The predicted octanol–water partition coefficient (Wildman–Crippen LogP) is 2.38. The van der Waals surface area contributed by atoms with E-state index < -0.39 is 0 Å². The fraction of sp³-hybridized carbons (Fsp3) is 0.389. The lowest BCUT2D eigenvalue weighted by Gasteiger charge is -2.36. The van der Waals surface area contributed by atoms with E-state index in [0.717, 1.165) is 24.1 Å². The molecule has 0 aliphatic heterocycles. The van der Waals surface area contributed by atoms with Crippen LogP contribution in [0.1, 0.15) is 40.9 Å². The standard InChI is InChI=1S/C18H21ClN4O2/c1-11-15(3-2-4-16(11)19)18(25)22-14-9-13(10-14)21-17(24)6-5-12-7-8-20-23-12/h2-4,7-8,13-14H,5-6,9-10H2,1H3,(H,20,23)(H,21,24)(H,22,25). The third-order valence-corrected chi connectivity index (χ3v) is 4.94. The van der Waals surface area contributed by atoms with Gasteiger partial charge in [-0.3, -0.25) is 14.7 Å². The molecule has 6 nitrogen and oxygen atoms in total. The lowest BCUT2D eigenvalue weighted by atomic mass is 9.86. The number of amides is 2. The molecule has 1 aliphatic rings. The van der Waals surface area contributed by atoms with Crippen molar-refractivity contribution in [2.24, 2.45) is 0 Å². The summed E-state index contributed by atoms with van der Waals surface area (Å²) in [6, 6.07) is 7.38. The number of nitrogens with one attached hydrogen (secondary N) is 3. The average molecular weight is 361 g/mol. The predicted molar refractivity (Wildman–Crippen MR) is 95.5 cm³/mol. The maximum Gasteiger partial charge on any atom is 0.251 e. The molecular formula is C18H21ClN4O2. The van der Waals surface area contributed by atoms with Crippen molar-refractivity contribution in [3.63, 3.8) is 0 Å². The summed E-state index contributed by atoms with van der Waals surface area (Å²) in [5.74, 6) is -0.0934. The minimum absolute atomic E-state index is 0.0232. The van der Waals surface area contributed by atoms with Gasteiger partial charge in [0.1, 0.15) is 0 Å². The summed E-state index contributed by atoms with van der Waals surface area (Å²) < 4.78 is 0. The lowest BCUT2D eigenvalue weighted by molar-refractivity contribution is -0.122. The van der Waals surface area contributed by atoms with Gasteiger partial charge in [0.05, 0.1) is 0 Å². The smallest absolute Gasteiger partial charge is 0.251 e. The molecule has 7 heteroatoms. The third-order valence-electron chi connectivity index (χ3n) is 4.53. The Bertz CT molecular complexity index is 754. The molecule has 0 saturated heterocycles. The number of aromatic amines is 1. The average Bonchev–Trinajstić information content (AvgIpc) is 3.06. The molecule has 1 saturated carbocycles. The van der Waals surface area contributed by atoms with Gasteiger partial charge in [-0.1, -0.05) is 17.7 Å². The Morgan fingerprint density at radius 2 is 2.00 bits per heavy atom. The van der Waals surface area contributed by atoms with Crippen LogP contribution >= 0.6 is 11.6 Å². The van der Waals surface area contributed by atoms with Gasteiger partial charge in [-0.2, -0.15) is 5.10 Å². The first-order valence-electron chi connectivity index (χ1n) is 8.36. The number of aryl methyl sites for hydroxylation is 1. The number of carbonyl (C=O) groups excluding carboxylic acids is 2. The monoisotopic (exact) mass is 360 g/mol. The first-order valence-corrected chi connectivity index (χ1v) is 8.74. The molecule has 0 atom stereocenters. The van der Waals surface area contributed by atoms with E-state index in [1.165, 1.54) is 0 Å². The van der Waals surface area contributed by atoms with Crippen molar-refractivity contribution in [2.45, 2.75) is 44.7 Å². The van der Waals surface area contributed by atoms with Crippen molar-refractivity contribution in [2.75, 3.05) is 0 Å². The number of benzene rings is 1. The van der Waals surface area contributed by atoms with Crippen LogP contribution in [0.15, 0.2) is 30.5 Å². The number of hydrogen-bond acceptors (Lipinski definition) is 3. The Labute approximate surface area is 151 Å². The zero-order valence-corrected chi connectivity index (χ0v) is 14.8. The van der Waals surface area contributed by atoms with Gasteiger partial charge in [-0.05, 0) is 49.9 Å². The highest BCUT2D eigenvalue weighted by Crippen LogP contribution is 2.23. The molecule has 3 N–H and O–H groups in total. The number of halogens is 1. The summed E-state index contributed by atoms with van der Waals surface area (Å²) in [6.07, 6.45) is 4.25. The zero-order valence-electron chi connectivity index (χ0n) is 14.0. The number of H-pyrrole nitrogens is 1. The van der Waals surface area contributed by atoms with Crippen molar-refractivity contribution in [3.05, 3.63) is 52.3 Å². The number of hydrogen-bond donors (Lipinski definition) is 3. The minimum atomic E-state index is -0.117. The normalized spacial score (nSPS) is 19.1. The number of carbonyl (C=O) groups is 2. The molecule has 3 rings (SSSR count). The molecule has 0 unspecified atom stereocenters. The Balaban J connectivity index is 1.39. The maximum atomic E-state index is 12.3. The van der Waals surface area contributed by atoms with Crippen LogP contribution in [0.4, 0.5) is 0 Å². The van der Waals surface area contributed by atoms with Crippen LogP contribution in [0.3, 0.4) is 0 Å². The van der Waals surface area contributed by atoms with Gasteiger partial charge in [-0.15, -0.1) is 0 Å². The second-order valence-electron chi connectivity index (χ2n) is 6.40. The van der Waals surface area contributed by atoms with E-state index in [-0.39, 0.29) is 23.9 Å². The van der Waals surface area contributed by atoms with Gasteiger partial charge >= 0.3 is 0 Å². The van der Waals surface area contributed by atoms with Crippen LogP contribution in [0.5, 0.6) is 0 Å². The fourth-order valence-corrected chi connectivity index (χ4v) is 3.12. The molecule has 25 heavy (non-hydrogen) atoms. The first kappa shape index (κ1) is 17.5. The number of nitrogens with zero attached hydrogens (tertiary/aromatic N) is 1. The van der Waals surface area contributed by atoms with Crippen LogP contribution in [0.2, 0.25) is 5.02 Å². The van der Waals surface area contributed by atoms with Crippen LogP contribution in [-0.4, -0.2) is 34.1 Å². The van der Waals surface area contributed by atoms with E-state index >= 15 is 0 Å². The van der Waals surface area contributed by atoms with Crippen LogP contribution in [0, 0.1) is 6.92 Å². The molecule has 132 valence electrons. The van der Waals surface area contributed by atoms with E-state index in [0.29, 0.717) is 23.4 Å². The molecule has 0 bridgehead atoms. The fourth-order valence-electron chi connectivity index (χ4n) is 2.94. The summed E-state index contributed by atoms with van der Waals surface area (Å²) in [4.78, 5) is 24.2. The summed E-state index contributed by atoms with van der Waals surface area (Å²) in [6.45, 7) is 1.83. The molecule has 2 amide bonds. The second-order valence-corrected chi connectivity index (χ2v) is 6.81. The lowest BCUT2D eigenvalue weighted by Crippen LogP contribution is -2.53. The van der Waals surface area contributed by atoms with E-state index in [2.05, 4.69) is 20.8 Å². The Hall–Kier alpha value is -2.34. The summed E-state index contributed by atoms with van der Waals surface area (Å²) in [5.41, 5.74) is 2.33. The Kier molecular flexibility index (Phi) is 5.38. The molecule has 1 heterocycles. The first-order chi connectivity index (χ1) is 12.0. The maximum absolute atomic E-state index is 12.3. The van der Waals surface area contributed by atoms with Crippen LogP contribution in [-0.2, 0) is 11.2 Å². The molecule has 1 aromatic carbocycles. The van der Waals surface area contributed by atoms with Crippen LogP contribution in [0.25, 0.3) is 0 Å².